The molecule has 21 heavy (non-hydrogen) atoms. The van der Waals surface area contributed by atoms with E-state index in [0.29, 0.717) is 17.3 Å². The second-order valence-corrected chi connectivity index (χ2v) is 4.21. The minimum absolute atomic E-state index is 0.429. The normalized spacial score (nSPS) is 10.1. The molecule has 7 heteroatoms. The van der Waals surface area contributed by atoms with E-state index in [1.165, 1.54) is 6.33 Å². The van der Waals surface area contributed by atoms with Crippen molar-refractivity contribution in [1.82, 2.24) is 19.9 Å². The third-order valence-corrected chi connectivity index (χ3v) is 2.75. The van der Waals surface area contributed by atoms with Crippen LogP contribution in [0, 0.1) is 0 Å². The van der Waals surface area contributed by atoms with Crippen molar-refractivity contribution in [2.45, 2.75) is 0 Å². The van der Waals surface area contributed by atoms with Gasteiger partial charge in [0.2, 0.25) is 0 Å². The Kier molecular flexibility index (Phi) is 3.55. The minimum Gasteiger partial charge on any atom is -0.393 e. The van der Waals surface area contributed by atoms with E-state index in [0.717, 1.165) is 11.4 Å². The molecule has 3 heterocycles. The quantitative estimate of drug-likeness (QED) is 0.673. The summed E-state index contributed by atoms with van der Waals surface area (Å²) in [7, 11) is 0. The van der Waals surface area contributed by atoms with Crippen molar-refractivity contribution in [3.8, 4) is 0 Å². The molecule has 3 aromatic rings. The van der Waals surface area contributed by atoms with Gasteiger partial charge in [0.1, 0.15) is 12.0 Å². The van der Waals surface area contributed by atoms with Crippen LogP contribution in [-0.4, -0.2) is 19.9 Å². The number of nitrogens with one attached hydrogen (secondary N) is 2. The summed E-state index contributed by atoms with van der Waals surface area (Å²) >= 11 is 0. The molecule has 0 spiro atoms. The van der Waals surface area contributed by atoms with Gasteiger partial charge in [-0.25, -0.2) is 9.97 Å². The molecule has 0 amide bonds. The number of hydrogen-bond acceptors (Lipinski definition) is 7. The van der Waals surface area contributed by atoms with Crippen molar-refractivity contribution in [2.24, 2.45) is 0 Å². The van der Waals surface area contributed by atoms with E-state index >= 15 is 0 Å². The average molecular weight is 279 g/mol. The van der Waals surface area contributed by atoms with Crippen molar-refractivity contribution in [3.05, 3.63) is 55.4 Å². The van der Waals surface area contributed by atoms with Gasteiger partial charge in [0.15, 0.2) is 11.6 Å². The number of pyridine rings is 2. The van der Waals surface area contributed by atoms with Gasteiger partial charge < -0.3 is 16.4 Å². The van der Waals surface area contributed by atoms with Crippen molar-refractivity contribution in [2.75, 3.05) is 16.4 Å². The number of anilines is 5. The van der Waals surface area contributed by atoms with Gasteiger partial charge in [0, 0.05) is 24.3 Å². The maximum Gasteiger partial charge on any atom is 0.159 e. The fourth-order valence-corrected chi connectivity index (χ4v) is 1.74. The van der Waals surface area contributed by atoms with E-state index in [9.17, 15) is 0 Å². The second-order valence-electron chi connectivity index (χ2n) is 4.21. The van der Waals surface area contributed by atoms with Gasteiger partial charge in [-0.05, 0) is 24.3 Å². The Balaban J connectivity index is 1.85. The third-order valence-electron chi connectivity index (χ3n) is 2.75. The molecule has 0 bridgehead atoms. The largest absolute Gasteiger partial charge is 0.393 e. The molecule has 3 rings (SSSR count). The first-order valence-electron chi connectivity index (χ1n) is 6.27. The van der Waals surface area contributed by atoms with Crippen LogP contribution in [0.15, 0.2) is 55.4 Å². The summed E-state index contributed by atoms with van der Waals surface area (Å²) in [5.74, 6) is 1.05. The van der Waals surface area contributed by atoms with Crippen molar-refractivity contribution >= 4 is 28.7 Å². The molecule has 4 N–H and O–H groups in total. The first-order chi connectivity index (χ1) is 10.3. The Labute approximate surface area is 121 Å². The molecule has 0 aromatic carbocycles. The van der Waals surface area contributed by atoms with Gasteiger partial charge in [-0.3, -0.25) is 9.97 Å². The van der Waals surface area contributed by atoms with Crippen molar-refractivity contribution in [3.63, 3.8) is 0 Å². The van der Waals surface area contributed by atoms with Gasteiger partial charge in [0.05, 0.1) is 11.9 Å². The van der Waals surface area contributed by atoms with Crippen LogP contribution in [0.4, 0.5) is 28.7 Å². The van der Waals surface area contributed by atoms with E-state index in [4.69, 9.17) is 5.73 Å². The maximum absolute atomic E-state index is 6.09. The molecule has 0 fully saturated rings. The molecule has 0 unspecified atom stereocenters. The molecular formula is C14H13N7. The molecule has 0 saturated carbocycles. The molecule has 0 saturated heterocycles. The van der Waals surface area contributed by atoms with E-state index < -0.39 is 0 Å². The fraction of sp³-hybridized carbons (Fsp3) is 0. The lowest BCUT2D eigenvalue weighted by atomic mass is 10.3. The number of nitrogen functional groups attached to an aromatic ring is 1. The zero-order valence-corrected chi connectivity index (χ0v) is 11.1. The molecule has 3 aromatic heterocycles. The summed E-state index contributed by atoms with van der Waals surface area (Å²) in [6.07, 6.45) is 8.21. The highest BCUT2D eigenvalue weighted by molar-refractivity contribution is 5.79. The van der Waals surface area contributed by atoms with Crippen LogP contribution in [0.25, 0.3) is 0 Å². The zero-order valence-electron chi connectivity index (χ0n) is 11.1. The lowest BCUT2D eigenvalue weighted by Crippen LogP contribution is -2.05. The first-order valence-corrected chi connectivity index (χ1v) is 6.27. The Bertz CT molecular complexity index is 656. The summed E-state index contributed by atoms with van der Waals surface area (Å²) in [5.41, 5.74) is 8.18. The summed E-state index contributed by atoms with van der Waals surface area (Å²) in [6.45, 7) is 0. The number of aromatic nitrogens is 4. The molecule has 0 aliphatic rings. The lowest BCUT2D eigenvalue weighted by molar-refractivity contribution is 1.17. The summed E-state index contributed by atoms with van der Waals surface area (Å²) in [5, 5.41) is 6.23. The van der Waals surface area contributed by atoms with Gasteiger partial charge in [-0.15, -0.1) is 0 Å². The van der Waals surface area contributed by atoms with Crippen LogP contribution in [0.3, 0.4) is 0 Å². The monoisotopic (exact) mass is 279 g/mol. The predicted molar refractivity (Wildman–Crippen MR) is 81.5 cm³/mol. The SMILES string of the molecule is Nc1c(Nc2ccncc2)ncnc1Nc1cccnc1. The fourth-order valence-electron chi connectivity index (χ4n) is 1.74. The number of nitrogens with zero attached hydrogens (tertiary/aromatic N) is 4. The number of hydrogen-bond donors (Lipinski definition) is 3. The highest BCUT2D eigenvalue weighted by Crippen LogP contribution is 2.27. The van der Waals surface area contributed by atoms with Crippen molar-refractivity contribution < 1.29 is 0 Å². The average Bonchev–Trinajstić information content (AvgIpc) is 2.53. The molecule has 7 nitrogen and oxygen atoms in total. The van der Waals surface area contributed by atoms with E-state index in [1.807, 2.05) is 24.3 Å². The number of rotatable bonds is 4. The van der Waals surface area contributed by atoms with Gasteiger partial charge >= 0.3 is 0 Å². The molecule has 104 valence electrons. The minimum atomic E-state index is 0.429. The van der Waals surface area contributed by atoms with Crippen LogP contribution in [0.1, 0.15) is 0 Å². The maximum atomic E-state index is 6.09. The molecular weight excluding hydrogens is 266 g/mol. The number of nitrogens with two attached hydrogens (primary N) is 1. The predicted octanol–water partition coefficient (Wildman–Crippen LogP) is 2.34. The molecule has 0 aliphatic carbocycles. The highest BCUT2D eigenvalue weighted by Gasteiger charge is 2.08. The van der Waals surface area contributed by atoms with E-state index in [1.54, 1.807) is 24.8 Å². The smallest absolute Gasteiger partial charge is 0.159 e. The second kappa shape index (κ2) is 5.83. The standard InChI is InChI=1S/C14H13N7/c15-12-13(20-10-3-6-16-7-4-10)18-9-19-14(12)21-11-2-1-5-17-8-11/h1-9H,15H2,(H2,16,18,19,20,21). The Morgan fingerprint density at radius 2 is 1.52 bits per heavy atom. The summed E-state index contributed by atoms with van der Waals surface area (Å²) in [6, 6.07) is 7.37. The lowest BCUT2D eigenvalue weighted by Gasteiger charge is -2.12. The molecule has 0 radical (unpaired) electrons. The first kappa shape index (κ1) is 12.8. The van der Waals surface area contributed by atoms with Gasteiger partial charge in [-0.1, -0.05) is 0 Å². The topological polar surface area (TPSA) is 102 Å². The highest BCUT2D eigenvalue weighted by atomic mass is 15.1. The van der Waals surface area contributed by atoms with Crippen LogP contribution < -0.4 is 16.4 Å². The van der Waals surface area contributed by atoms with Crippen LogP contribution >= 0.6 is 0 Å². The van der Waals surface area contributed by atoms with Crippen LogP contribution in [0.5, 0.6) is 0 Å². The Morgan fingerprint density at radius 1 is 0.810 bits per heavy atom. The Morgan fingerprint density at radius 3 is 2.19 bits per heavy atom. The van der Waals surface area contributed by atoms with Crippen molar-refractivity contribution in [1.29, 1.82) is 0 Å². The molecule has 0 aliphatic heterocycles. The summed E-state index contributed by atoms with van der Waals surface area (Å²) in [4.78, 5) is 16.3. The molecule has 0 atom stereocenters. The Hall–Kier alpha value is -3.22. The van der Waals surface area contributed by atoms with E-state index in [-0.39, 0.29) is 0 Å². The van der Waals surface area contributed by atoms with Gasteiger partial charge in [0.25, 0.3) is 0 Å². The summed E-state index contributed by atoms with van der Waals surface area (Å²) < 4.78 is 0. The third kappa shape index (κ3) is 3.03. The zero-order chi connectivity index (χ0) is 14.5. The van der Waals surface area contributed by atoms with Crippen LogP contribution in [0.2, 0.25) is 0 Å². The van der Waals surface area contributed by atoms with E-state index in [2.05, 4.69) is 30.6 Å². The van der Waals surface area contributed by atoms with Crippen LogP contribution in [-0.2, 0) is 0 Å². The van der Waals surface area contributed by atoms with Gasteiger partial charge in [-0.2, -0.15) is 0 Å².